The lowest BCUT2D eigenvalue weighted by Gasteiger charge is -2.19. The van der Waals surface area contributed by atoms with Crippen molar-refractivity contribution in [2.75, 3.05) is 6.61 Å². The van der Waals surface area contributed by atoms with Crippen molar-refractivity contribution in [3.05, 3.63) is 59.7 Å². The number of benzene rings is 2. The summed E-state index contributed by atoms with van der Waals surface area (Å²) < 4.78 is 10.8. The van der Waals surface area contributed by atoms with Gasteiger partial charge in [0.15, 0.2) is 6.61 Å². The number of ether oxygens (including phenoxy) is 2. The third-order valence-electron chi connectivity index (χ3n) is 4.03. The molecular formula is C22H28O3. The first-order valence-electron chi connectivity index (χ1n) is 8.60. The maximum atomic E-state index is 11.9. The smallest absolute Gasteiger partial charge is 0.349 e. The van der Waals surface area contributed by atoms with Crippen LogP contribution in [0.25, 0.3) is 0 Å². The maximum absolute atomic E-state index is 11.9. The predicted octanol–water partition coefficient (Wildman–Crippen LogP) is 5.27. The molecule has 25 heavy (non-hydrogen) atoms. The molecule has 134 valence electrons. The fourth-order valence-corrected chi connectivity index (χ4v) is 2.38. The van der Waals surface area contributed by atoms with E-state index in [9.17, 15) is 4.79 Å². The molecule has 0 spiro atoms. The zero-order chi connectivity index (χ0) is 18.7. The number of hydrogen-bond donors (Lipinski definition) is 0. The quantitative estimate of drug-likeness (QED) is 0.562. The molecule has 0 unspecified atom stereocenters. The second-order valence-electron chi connectivity index (χ2n) is 8.31. The van der Waals surface area contributed by atoms with Crippen molar-refractivity contribution in [2.24, 2.45) is 0 Å². The summed E-state index contributed by atoms with van der Waals surface area (Å²) in [5, 5.41) is 0. The van der Waals surface area contributed by atoms with Crippen LogP contribution in [0.4, 0.5) is 0 Å². The van der Waals surface area contributed by atoms with Crippen LogP contribution in [0.15, 0.2) is 48.5 Å². The van der Waals surface area contributed by atoms with Crippen molar-refractivity contribution in [3.8, 4) is 11.5 Å². The molecule has 0 N–H and O–H groups in total. The molecule has 0 saturated heterocycles. The number of hydrogen-bond acceptors (Lipinski definition) is 3. The second-order valence-corrected chi connectivity index (χ2v) is 8.31. The van der Waals surface area contributed by atoms with Crippen LogP contribution in [0.5, 0.6) is 11.5 Å². The summed E-state index contributed by atoms with van der Waals surface area (Å²) in [5.41, 5.74) is 2.59. The Bertz CT molecular complexity index is 699. The molecule has 0 amide bonds. The normalized spacial score (nSPS) is 11.9. The van der Waals surface area contributed by atoms with E-state index in [0.717, 1.165) is 0 Å². The zero-order valence-electron chi connectivity index (χ0n) is 16.1. The Morgan fingerprint density at radius 1 is 0.720 bits per heavy atom. The molecule has 0 aliphatic carbocycles. The average molecular weight is 340 g/mol. The van der Waals surface area contributed by atoms with E-state index in [0.29, 0.717) is 11.5 Å². The van der Waals surface area contributed by atoms with Crippen molar-refractivity contribution in [1.82, 2.24) is 0 Å². The molecule has 2 aromatic carbocycles. The highest BCUT2D eigenvalue weighted by molar-refractivity contribution is 5.74. The first-order chi connectivity index (χ1) is 11.6. The third-order valence-corrected chi connectivity index (χ3v) is 4.03. The molecule has 0 aromatic heterocycles. The Hall–Kier alpha value is -2.29. The summed E-state index contributed by atoms with van der Waals surface area (Å²) in [5.74, 6) is 0.779. The van der Waals surface area contributed by atoms with Crippen LogP contribution >= 0.6 is 0 Å². The molecular weight excluding hydrogens is 312 g/mol. The van der Waals surface area contributed by atoms with E-state index >= 15 is 0 Å². The second kappa shape index (κ2) is 7.30. The molecule has 2 aromatic rings. The molecule has 0 heterocycles. The first kappa shape index (κ1) is 19.0. The molecule has 3 heteroatoms. The first-order valence-corrected chi connectivity index (χ1v) is 8.60. The minimum atomic E-state index is -0.414. The zero-order valence-corrected chi connectivity index (χ0v) is 16.1. The van der Waals surface area contributed by atoms with Crippen LogP contribution in [0, 0.1) is 0 Å². The highest BCUT2D eigenvalue weighted by Gasteiger charge is 2.15. The standard InChI is InChI=1S/C22H28O3/c1-21(2,3)16-7-11-18(12-8-16)24-15-20(23)25-19-13-9-17(10-14-19)22(4,5)6/h7-14H,15H2,1-6H3. The summed E-state index contributed by atoms with van der Waals surface area (Å²) in [7, 11) is 0. The van der Waals surface area contributed by atoms with E-state index in [-0.39, 0.29) is 17.4 Å². The Morgan fingerprint density at radius 2 is 1.12 bits per heavy atom. The van der Waals surface area contributed by atoms with Gasteiger partial charge in [-0.05, 0) is 46.2 Å². The van der Waals surface area contributed by atoms with Gasteiger partial charge in [0, 0.05) is 0 Å². The van der Waals surface area contributed by atoms with Gasteiger partial charge in [0.05, 0.1) is 0 Å². The van der Waals surface area contributed by atoms with Crippen LogP contribution in [0.2, 0.25) is 0 Å². The predicted molar refractivity (Wildman–Crippen MR) is 101 cm³/mol. The van der Waals surface area contributed by atoms with Crippen LogP contribution in [-0.2, 0) is 15.6 Å². The van der Waals surface area contributed by atoms with Crippen molar-refractivity contribution < 1.29 is 14.3 Å². The van der Waals surface area contributed by atoms with Crippen LogP contribution < -0.4 is 9.47 Å². The SMILES string of the molecule is CC(C)(C)c1ccc(OCC(=O)Oc2ccc(C(C)(C)C)cc2)cc1. The van der Waals surface area contributed by atoms with Crippen molar-refractivity contribution in [1.29, 1.82) is 0 Å². The van der Waals surface area contributed by atoms with Crippen LogP contribution in [-0.4, -0.2) is 12.6 Å². The molecule has 0 fully saturated rings. The van der Waals surface area contributed by atoms with Crippen LogP contribution in [0.3, 0.4) is 0 Å². The Kier molecular flexibility index (Phi) is 5.56. The monoisotopic (exact) mass is 340 g/mol. The van der Waals surface area contributed by atoms with Gasteiger partial charge in [0.25, 0.3) is 0 Å². The van der Waals surface area contributed by atoms with Gasteiger partial charge in [-0.15, -0.1) is 0 Å². The van der Waals surface area contributed by atoms with Gasteiger partial charge in [-0.1, -0.05) is 65.8 Å². The summed E-state index contributed by atoms with van der Waals surface area (Å²) in [4.78, 5) is 11.9. The topological polar surface area (TPSA) is 35.5 Å². The van der Waals surface area contributed by atoms with E-state index in [1.807, 2.05) is 48.5 Å². The van der Waals surface area contributed by atoms with Gasteiger partial charge >= 0.3 is 5.97 Å². The van der Waals surface area contributed by atoms with E-state index in [2.05, 4.69) is 41.5 Å². The largest absolute Gasteiger partial charge is 0.482 e. The molecule has 0 aliphatic heterocycles. The Balaban J connectivity index is 1.88. The number of rotatable bonds is 4. The molecule has 3 nitrogen and oxygen atoms in total. The van der Waals surface area contributed by atoms with E-state index < -0.39 is 5.97 Å². The lowest BCUT2D eigenvalue weighted by molar-refractivity contribution is -0.136. The van der Waals surface area contributed by atoms with E-state index in [4.69, 9.17) is 9.47 Å². The van der Waals surface area contributed by atoms with Gasteiger partial charge in [-0.2, -0.15) is 0 Å². The number of carbonyl (C=O) groups excluding carboxylic acids is 1. The van der Waals surface area contributed by atoms with Crippen molar-refractivity contribution in [3.63, 3.8) is 0 Å². The van der Waals surface area contributed by atoms with Gasteiger partial charge in [0.1, 0.15) is 11.5 Å². The minimum Gasteiger partial charge on any atom is -0.482 e. The molecule has 0 aliphatic rings. The Labute approximate surface area is 151 Å². The lowest BCUT2D eigenvalue weighted by Crippen LogP contribution is -2.18. The van der Waals surface area contributed by atoms with Crippen molar-refractivity contribution in [2.45, 2.75) is 52.4 Å². The van der Waals surface area contributed by atoms with Gasteiger partial charge in [-0.3, -0.25) is 0 Å². The fourth-order valence-electron chi connectivity index (χ4n) is 2.38. The molecule has 0 atom stereocenters. The van der Waals surface area contributed by atoms with Gasteiger partial charge in [-0.25, -0.2) is 4.79 Å². The molecule has 0 radical (unpaired) electrons. The summed E-state index contributed by atoms with van der Waals surface area (Å²) in [6, 6.07) is 15.4. The Morgan fingerprint density at radius 3 is 1.52 bits per heavy atom. The third kappa shape index (κ3) is 5.63. The lowest BCUT2D eigenvalue weighted by atomic mass is 9.87. The highest BCUT2D eigenvalue weighted by atomic mass is 16.6. The molecule has 2 rings (SSSR count). The van der Waals surface area contributed by atoms with Gasteiger partial charge in [0.2, 0.25) is 0 Å². The molecule has 0 saturated carbocycles. The summed E-state index contributed by atoms with van der Waals surface area (Å²) in [6.45, 7) is 12.8. The maximum Gasteiger partial charge on any atom is 0.349 e. The molecule has 0 bridgehead atoms. The number of carbonyl (C=O) groups is 1. The average Bonchev–Trinajstić information content (AvgIpc) is 2.52. The fraction of sp³-hybridized carbons (Fsp3) is 0.409. The van der Waals surface area contributed by atoms with Crippen molar-refractivity contribution >= 4 is 5.97 Å². The summed E-state index contributed by atoms with van der Waals surface area (Å²) >= 11 is 0. The minimum absolute atomic E-state index is 0.0743. The van der Waals surface area contributed by atoms with Gasteiger partial charge < -0.3 is 9.47 Å². The van der Waals surface area contributed by atoms with E-state index in [1.54, 1.807) is 0 Å². The number of esters is 1. The summed E-state index contributed by atoms with van der Waals surface area (Å²) in [6.07, 6.45) is 0. The van der Waals surface area contributed by atoms with Crippen LogP contribution in [0.1, 0.15) is 52.7 Å². The highest BCUT2D eigenvalue weighted by Crippen LogP contribution is 2.25. The van der Waals surface area contributed by atoms with E-state index in [1.165, 1.54) is 11.1 Å².